The van der Waals surface area contributed by atoms with Crippen LogP contribution in [0.1, 0.15) is 23.2 Å². The number of sulfonamides is 1. The van der Waals surface area contributed by atoms with Crippen molar-refractivity contribution in [3.05, 3.63) is 60.2 Å². The standard InChI is InChI=1S/C20H24N4O4S/c1-23(17-5-3-2-4-6-17)22-20(26)16-11-13-24(14-12-16)29(27,28)18-9-7-15(8-10-18)19(21)25/h2-10,16H,11-14H2,1H3,(H2,21,25)(H,22,26). The number of nitrogens with one attached hydrogen (secondary N) is 1. The Kier molecular flexibility index (Phi) is 6.19. The van der Waals surface area contributed by atoms with Crippen LogP contribution in [-0.4, -0.2) is 44.7 Å². The van der Waals surface area contributed by atoms with Gasteiger partial charge in [-0.1, -0.05) is 18.2 Å². The summed E-state index contributed by atoms with van der Waals surface area (Å²) in [7, 11) is -1.91. The SMILES string of the molecule is CN(NC(=O)C1CCN(S(=O)(=O)c2ccc(C(N)=O)cc2)CC1)c1ccccc1. The number of piperidine rings is 1. The molecule has 154 valence electrons. The zero-order valence-corrected chi connectivity index (χ0v) is 16.9. The summed E-state index contributed by atoms with van der Waals surface area (Å²) < 4.78 is 27.0. The molecule has 2 amide bonds. The molecule has 3 rings (SSSR count). The molecule has 1 saturated heterocycles. The van der Waals surface area contributed by atoms with Gasteiger partial charge in [-0.25, -0.2) is 8.42 Å². The lowest BCUT2D eigenvalue weighted by Crippen LogP contribution is -2.47. The summed E-state index contributed by atoms with van der Waals surface area (Å²) in [5.41, 5.74) is 9.15. The number of hydrazine groups is 1. The Labute approximate surface area is 170 Å². The first-order chi connectivity index (χ1) is 13.8. The number of para-hydroxylation sites is 1. The van der Waals surface area contributed by atoms with E-state index >= 15 is 0 Å². The van der Waals surface area contributed by atoms with Gasteiger partial charge in [-0.2, -0.15) is 4.31 Å². The number of benzene rings is 2. The second-order valence-electron chi connectivity index (χ2n) is 6.94. The molecule has 3 N–H and O–H groups in total. The van der Waals surface area contributed by atoms with Crippen molar-refractivity contribution in [2.45, 2.75) is 17.7 Å². The molecule has 0 aliphatic carbocycles. The Morgan fingerprint density at radius 1 is 1.03 bits per heavy atom. The van der Waals surface area contributed by atoms with E-state index in [9.17, 15) is 18.0 Å². The third kappa shape index (κ3) is 4.75. The van der Waals surface area contributed by atoms with Crippen LogP contribution in [0.5, 0.6) is 0 Å². The van der Waals surface area contributed by atoms with Crippen LogP contribution in [0.15, 0.2) is 59.5 Å². The molecule has 8 nitrogen and oxygen atoms in total. The molecular weight excluding hydrogens is 392 g/mol. The number of anilines is 1. The van der Waals surface area contributed by atoms with Gasteiger partial charge in [-0.15, -0.1) is 0 Å². The summed E-state index contributed by atoms with van der Waals surface area (Å²) in [6.07, 6.45) is 0.875. The van der Waals surface area contributed by atoms with Crippen LogP contribution in [-0.2, 0) is 14.8 Å². The van der Waals surface area contributed by atoms with Crippen LogP contribution in [0.4, 0.5) is 5.69 Å². The lowest BCUT2D eigenvalue weighted by atomic mass is 9.97. The highest BCUT2D eigenvalue weighted by atomic mass is 32.2. The third-order valence-corrected chi connectivity index (χ3v) is 6.94. The maximum absolute atomic E-state index is 12.8. The predicted molar refractivity (Wildman–Crippen MR) is 109 cm³/mol. The minimum Gasteiger partial charge on any atom is -0.366 e. The van der Waals surface area contributed by atoms with Crippen molar-refractivity contribution in [3.63, 3.8) is 0 Å². The van der Waals surface area contributed by atoms with E-state index in [0.717, 1.165) is 5.69 Å². The Morgan fingerprint density at radius 2 is 1.62 bits per heavy atom. The topological polar surface area (TPSA) is 113 Å². The molecular formula is C20H24N4O4S. The van der Waals surface area contributed by atoms with Crippen LogP contribution in [0.3, 0.4) is 0 Å². The number of nitrogens with zero attached hydrogens (tertiary/aromatic N) is 2. The first kappa shape index (κ1) is 20.8. The van der Waals surface area contributed by atoms with Gasteiger partial charge in [0, 0.05) is 31.6 Å². The zero-order chi connectivity index (χ0) is 21.0. The van der Waals surface area contributed by atoms with Gasteiger partial charge in [-0.3, -0.25) is 20.0 Å². The van der Waals surface area contributed by atoms with Crippen molar-refractivity contribution < 1.29 is 18.0 Å². The van der Waals surface area contributed by atoms with Crippen LogP contribution in [0.25, 0.3) is 0 Å². The number of hydrogen-bond acceptors (Lipinski definition) is 5. The summed E-state index contributed by atoms with van der Waals surface area (Å²) in [5, 5.41) is 1.66. The van der Waals surface area contributed by atoms with E-state index in [1.165, 1.54) is 28.6 Å². The van der Waals surface area contributed by atoms with E-state index in [0.29, 0.717) is 12.8 Å². The molecule has 9 heteroatoms. The van der Waals surface area contributed by atoms with Crippen molar-refractivity contribution in [2.75, 3.05) is 25.1 Å². The maximum Gasteiger partial charge on any atom is 0.248 e. The van der Waals surface area contributed by atoms with Crippen LogP contribution < -0.4 is 16.2 Å². The maximum atomic E-state index is 12.8. The van der Waals surface area contributed by atoms with E-state index in [1.807, 2.05) is 30.3 Å². The fraction of sp³-hybridized carbons (Fsp3) is 0.300. The van der Waals surface area contributed by atoms with Crippen molar-refractivity contribution in [3.8, 4) is 0 Å². The number of carbonyl (C=O) groups is 2. The van der Waals surface area contributed by atoms with Gasteiger partial charge >= 0.3 is 0 Å². The smallest absolute Gasteiger partial charge is 0.248 e. The summed E-state index contributed by atoms with van der Waals surface area (Å²) in [6.45, 7) is 0.514. The van der Waals surface area contributed by atoms with E-state index in [2.05, 4.69) is 5.43 Å². The summed E-state index contributed by atoms with van der Waals surface area (Å²) in [4.78, 5) is 23.8. The lowest BCUT2D eigenvalue weighted by Gasteiger charge is -2.31. The first-order valence-corrected chi connectivity index (χ1v) is 10.7. The van der Waals surface area contributed by atoms with Gasteiger partial charge in [0.15, 0.2) is 0 Å². The minimum absolute atomic E-state index is 0.106. The molecule has 0 radical (unpaired) electrons. The van der Waals surface area contributed by atoms with Gasteiger partial charge in [0.25, 0.3) is 0 Å². The highest BCUT2D eigenvalue weighted by molar-refractivity contribution is 7.89. The average molecular weight is 417 g/mol. The largest absolute Gasteiger partial charge is 0.366 e. The normalized spacial score (nSPS) is 15.6. The molecule has 0 aromatic heterocycles. The second kappa shape index (κ2) is 8.62. The fourth-order valence-electron chi connectivity index (χ4n) is 3.27. The van der Waals surface area contributed by atoms with Gasteiger partial charge in [-0.05, 0) is 49.2 Å². The Hall–Kier alpha value is -2.91. The van der Waals surface area contributed by atoms with Crippen LogP contribution in [0.2, 0.25) is 0 Å². The molecule has 2 aromatic rings. The van der Waals surface area contributed by atoms with E-state index < -0.39 is 15.9 Å². The first-order valence-electron chi connectivity index (χ1n) is 9.28. The van der Waals surface area contributed by atoms with Crippen molar-refractivity contribution in [2.24, 2.45) is 11.7 Å². The van der Waals surface area contributed by atoms with Crippen molar-refractivity contribution in [1.82, 2.24) is 9.73 Å². The number of rotatable bonds is 6. The quantitative estimate of drug-likeness (QED) is 0.691. The molecule has 0 atom stereocenters. The lowest BCUT2D eigenvalue weighted by molar-refractivity contribution is -0.126. The van der Waals surface area contributed by atoms with E-state index in [4.69, 9.17) is 5.73 Å². The number of nitrogens with two attached hydrogens (primary N) is 1. The van der Waals surface area contributed by atoms with Gasteiger partial charge < -0.3 is 5.73 Å². The molecule has 1 aliphatic heterocycles. The highest BCUT2D eigenvalue weighted by Gasteiger charge is 2.32. The Balaban J connectivity index is 1.59. The molecule has 0 saturated carbocycles. The van der Waals surface area contributed by atoms with E-state index in [1.54, 1.807) is 12.1 Å². The van der Waals surface area contributed by atoms with Crippen LogP contribution in [0, 0.1) is 5.92 Å². The molecule has 29 heavy (non-hydrogen) atoms. The molecule has 1 fully saturated rings. The van der Waals surface area contributed by atoms with Gasteiger partial charge in [0.1, 0.15) is 0 Å². The second-order valence-corrected chi connectivity index (χ2v) is 8.88. The van der Waals surface area contributed by atoms with Gasteiger partial charge in [0.2, 0.25) is 21.8 Å². The minimum atomic E-state index is -3.68. The monoisotopic (exact) mass is 416 g/mol. The molecule has 2 aromatic carbocycles. The molecule has 0 bridgehead atoms. The molecule has 0 unspecified atom stereocenters. The highest BCUT2D eigenvalue weighted by Crippen LogP contribution is 2.24. The predicted octanol–water partition coefficient (Wildman–Crippen LogP) is 1.35. The summed E-state index contributed by atoms with van der Waals surface area (Å²) in [6, 6.07) is 15.0. The zero-order valence-electron chi connectivity index (χ0n) is 16.1. The van der Waals surface area contributed by atoms with Crippen LogP contribution >= 0.6 is 0 Å². The number of hydrogen-bond donors (Lipinski definition) is 2. The number of amides is 2. The molecule has 1 heterocycles. The Bertz CT molecular complexity index is 969. The number of carbonyl (C=O) groups excluding carboxylic acids is 2. The van der Waals surface area contributed by atoms with Crippen molar-refractivity contribution in [1.29, 1.82) is 0 Å². The van der Waals surface area contributed by atoms with E-state index in [-0.39, 0.29) is 35.4 Å². The van der Waals surface area contributed by atoms with Gasteiger partial charge in [0.05, 0.1) is 10.6 Å². The summed E-state index contributed by atoms with van der Waals surface area (Å²) in [5.74, 6) is -0.995. The number of primary amides is 1. The summed E-state index contributed by atoms with van der Waals surface area (Å²) >= 11 is 0. The molecule has 1 aliphatic rings. The fourth-order valence-corrected chi connectivity index (χ4v) is 4.74. The average Bonchev–Trinajstić information content (AvgIpc) is 2.74. The van der Waals surface area contributed by atoms with Crippen molar-refractivity contribution >= 4 is 27.5 Å². The molecule has 0 spiro atoms. The Morgan fingerprint density at radius 3 is 2.17 bits per heavy atom. The third-order valence-electron chi connectivity index (χ3n) is 5.02.